The number of pyridine rings is 1. The molecule has 0 aliphatic carbocycles. The van der Waals surface area contributed by atoms with Gasteiger partial charge in [-0.3, -0.25) is 14.5 Å². The number of amides is 1. The molecule has 0 unspecified atom stereocenters. The minimum Gasteiger partial charge on any atom is -0.481 e. The fourth-order valence-corrected chi connectivity index (χ4v) is 5.95. The van der Waals surface area contributed by atoms with Gasteiger partial charge in [0.05, 0.1) is 19.0 Å². The molecule has 1 saturated heterocycles. The Hall–Kier alpha value is -3.38. The van der Waals surface area contributed by atoms with Crippen molar-refractivity contribution < 1.29 is 37.0 Å². The van der Waals surface area contributed by atoms with Crippen LogP contribution in [0.15, 0.2) is 36.5 Å². The molecule has 4 heterocycles. The SMILES string of the molecule is CC1(C)CN(C(=O)CN2CCC(C(=O)O)CC2)Cc2c1c1cccnc1n2Cc1ccc(OC(F)(F)F)c(F)c1.Cl. The van der Waals surface area contributed by atoms with Crippen LogP contribution in [0.3, 0.4) is 0 Å². The van der Waals surface area contributed by atoms with Gasteiger partial charge in [-0.1, -0.05) is 19.9 Å². The largest absolute Gasteiger partial charge is 0.573 e. The standard InChI is InChI=1S/C28H30F4N4O4.ClH/c1-27(2)16-35(23(37)15-34-10-7-18(8-11-34)26(38)39)14-21-24(27)19-4-3-9-33-25(19)36(21)13-17-5-6-22(20(29)12-17)40-28(30,31)32;/h3-6,9,12,18H,7-8,10-11,13-16H2,1-2H3,(H,38,39);1H. The Morgan fingerprint density at radius 2 is 1.88 bits per heavy atom. The van der Waals surface area contributed by atoms with Crippen molar-refractivity contribution in [1.82, 2.24) is 19.4 Å². The van der Waals surface area contributed by atoms with Crippen molar-refractivity contribution in [2.45, 2.75) is 51.6 Å². The van der Waals surface area contributed by atoms with Crippen molar-refractivity contribution in [1.29, 1.82) is 0 Å². The zero-order valence-electron chi connectivity index (χ0n) is 22.6. The van der Waals surface area contributed by atoms with Crippen molar-refractivity contribution >= 4 is 35.3 Å². The third-order valence-electron chi connectivity index (χ3n) is 7.74. The Morgan fingerprint density at radius 1 is 1.17 bits per heavy atom. The molecule has 1 fully saturated rings. The van der Waals surface area contributed by atoms with Crippen molar-refractivity contribution in [3.05, 3.63) is 59.2 Å². The number of ether oxygens (including phenoxy) is 1. The highest BCUT2D eigenvalue weighted by Gasteiger charge is 2.39. The number of fused-ring (bicyclic) bond motifs is 3. The maximum absolute atomic E-state index is 14.5. The molecule has 0 saturated carbocycles. The second kappa shape index (κ2) is 11.5. The number of aliphatic carboxylic acids is 1. The third kappa shape index (κ3) is 6.43. The summed E-state index contributed by atoms with van der Waals surface area (Å²) in [7, 11) is 0. The molecule has 0 atom stereocenters. The Bertz CT molecular complexity index is 1450. The third-order valence-corrected chi connectivity index (χ3v) is 7.74. The van der Waals surface area contributed by atoms with Gasteiger partial charge in [0, 0.05) is 35.8 Å². The summed E-state index contributed by atoms with van der Waals surface area (Å²) in [5.41, 5.74) is 2.47. The first kappa shape index (κ1) is 30.6. The van der Waals surface area contributed by atoms with Crippen LogP contribution in [-0.2, 0) is 28.1 Å². The van der Waals surface area contributed by atoms with Crippen LogP contribution < -0.4 is 4.74 Å². The van der Waals surface area contributed by atoms with E-state index in [-0.39, 0.29) is 43.9 Å². The van der Waals surface area contributed by atoms with Gasteiger partial charge in [-0.05, 0) is 61.3 Å². The topological polar surface area (TPSA) is 87.9 Å². The second-order valence-corrected chi connectivity index (χ2v) is 11.1. The first-order valence-corrected chi connectivity index (χ1v) is 13.1. The average molecular weight is 599 g/mol. The van der Waals surface area contributed by atoms with Crippen LogP contribution in [-0.4, -0.2) is 68.9 Å². The summed E-state index contributed by atoms with van der Waals surface area (Å²) in [5, 5.41) is 10.2. The molecule has 13 heteroatoms. The quantitative estimate of drug-likeness (QED) is 0.404. The smallest absolute Gasteiger partial charge is 0.481 e. The summed E-state index contributed by atoms with van der Waals surface area (Å²) in [6.07, 6.45) is -2.36. The Balaban J connectivity index is 0.00000387. The van der Waals surface area contributed by atoms with E-state index in [9.17, 15) is 32.3 Å². The molecule has 3 aromatic rings. The van der Waals surface area contributed by atoms with Crippen molar-refractivity contribution in [3.63, 3.8) is 0 Å². The number of carbonyl (C=O) groups is 2. The summed E-state index contributed by atoms with van der Waals surface area (Å²) in [5.74, 6) is -3.29. The van der Waals surface area contributed by atoms with Crippen LogP contribution in [0, 0.1) is 11.7 Å². The number of carboxylic acids is 1. The number of nitrogens with zero attached hydrogens (tertiary/aromatic N) is 4. The van der Waals surface area contributed by atoms with Crippen LogP contribution in [0.4, 0.5) is 17.6 Å². The number of carboxylic acid groups (broad SMARTS) is 1. The predicted molar refractivity (Wildman–Crippen MR) is 144 cm³/mol. The van der Waals surface area contributed by atoms with E-state index in [0.717, 1.165) is 28.8 Å². The Morgan fingerprint density at radius 3 is 2.51 bits per heavy atom. The molecular formula is C28H31ClF4N4O4. The van der Waals surface area contributed by atoms with Crippen LogP contribution in [0.1, 0.15) is 43.5 Å². The molecular weight excluding hydrogens is 568 g/mol. The molecule has 0 radical (unpaired) electrons. The zero-order valence-corrected chi connectivity index (χ0v) is 23.4. The van der Waals surface area contributed by atoms with Gasteiger partial charge in [-0.2, -0.15) is 0 Å². The first-order valence-electron chi connectivity index (χ1n) is 13.1. The minimum atomic E-state index is -5.00. The van der Waals surface area contributed by atoms with Gasteiger partial charge in [0.2, 0.25) is 5.91 Å². The second-order valence-electron chi connectivity index (χ2n) is 11.1. The number of likely N-dealkylation sites (tertiary alicyclic amines) is 1. The number of aromatic nitrogens is 2. The minimum absolute atomic E-state index is 0. The molecule has 0 bridgehead atoms. The maximum atomic E-state index is 14.5. The zero-order chi connectivity index (χ0) is 28.8. The highest BCUT2D eigenvalue weighted by molar-refractivity contribution is 5.86. The summed E-state index contributed by atoms with van der Waals surface area (Å²) in [6.45, 7) is 6.24. The molecule has 41 heavy (non-hydrogen) atoms. The predicted octanol–water partition coefficient (Wildman–Crippen LogP) is 4.96. The lowest BCUT2D eigenvalue weighted by atomic mass is 9.79. The summed E-state index contributed by atoms with van der Waals surface area (Å²) >= 11 is 0. The average Bonchev–Trinajstić information content (AvgIpc) is 3.19. The first-order chi connectivity index (χ1) is 18.8. The van der Waals surface area contributed by atoms with Crippen LogP contribution in [0.2, 0.25) is 0 Å². The summed E-state index contributed by atoms with van der Waals surface area (Å²) in [6, 6.07) is 7.12. The summed E-state index contributed by atoms with van der Waals surface area (Å²) in [4.78, 5) is 33.0. The number of hydrogen-bond acceptors (Lipinski definition) is 5. The van der Waals surface area contributed by atoms with Gasteiger partial charge in [0.25, 0.3) is 0 Å². The molecule has 1 N–H and O–H groups in total. The molecule has 1 amide bonds. The number of carbonyl (C=O) groups excluding carboxylic acids is 1. The lowest BCUT2D eigenvalue weighted by Crippen LogP contribution is -2.49. The number of piperidine rings is 1. The molecule has 1 aromatic carbocycles. The van der Waals surface area contributed by atoms with Crippen molar-refractivity contribution in [2.75, 3.05) is 26.2 Å². The molecule has 5 rings (SSSR count). The van der Waals surface area contributed by atoms with Gasteiger partial charge < -0.3 is 19.3 Å². The van der Waals surface area contributed by atoms with Crippen molar-refractivity contribution in [3.8, 4) is 5.75 Å². The van der Waals surface area contributed by atoms with Gasteiger partial charge in [0.1, 0.15) is 5.65 Å². The van der Waals surface area contributed by atoms with Gasteiger partial charge in [-0.15, -0.1) is 25.6 Å². The van der Waals surface area contributed by atoms with E-state index in [1.54, 1.807) is 11.1 Å². The lowest BCUT2D eigenvalue weighted by Gasteiger charge is -2.40. The van der Waals surface area contributed by atoms with Gasteiger partial charge in [-0.25, -0.2) is 9.37 Å². The Kier molecular flexibility index (Phi) is 8.56. The maximum Gasteiger partial charge on any atom is 0.573 e. The molecule has 8 nitrogen and oxygen atoms in total. The van der Waals surface area contributed by atoms with Crippen LogP contribution in [0.5, 0.6) is 5.75 Å². The molecule has 2 aliphatic heterocycles. The number of alkyl halides is 3. The van der Waals surface area contributed by atoms with E-state index in [1.165, 1.54) is 6.07 Å². The normalized spacial score (nSPS) is 17.7. The molecule has 0 spiro atoms. The van der Waals surface area contributed by atoms with E-state index < -0.39 is 29.3 Å². The number of halogens is 5. The summed E-state index contributed by atoms with van der Waals surface area (Å²) < 4.78 is 58.0. The van der Waals surface area contributed by atoms with E-state index in [0.29, 0.717) is 43.7 Å². The highest BCUT2D eigenvalue weighted by atomic mass is 35.5. The molecule has 222 valence electrons. The molecule has 2 aromatic heterocycles. The van der Waals surface area contributed by atoms with Crippen molar-refractivity contribution in [2.24, 2.45) is 5.92 Å². The van der Waals surface area contributed by atoms with Crippen LogP contribution in [0.25, 0.3) is 11.0 Å². The number of rotatable bonds is 6. The fraction of sp³-hybridized carbons (Fsp3) is 0.464. The monoisotopic (exact) mass is 598 g/mol. The number of benzene rings is 1. The van der Waals surface area contributed by atoms with E-state index in [2.05, 4.69) is 9.72 Å². The van der Waals surface area contributed by atoms with E-state index >= 15 is 0 Å². The van der Waals surface area contributed by atoms with E-state index in [1.807, 2.05) is 35.4 Å². The Labute approximate surface area is 240 Å². The highest BCUT2D eigenvalue weighted by Crippen LogP contribution is 2.40. The van der Waals surface area contributed by atoms with Gasteiger partial charge in [0.15, 0.2) is 11.6 Å². The molecule has 2 aliphatic rings. The van der Waals surface area contributed by atoms with E-state index in [4.69, 9.17) is 0 Å². The lowest BCUT2D eigenvalue weighted by molar-refractivity contribution is -0.275. The van der Waals surface area contributed by atoms with Gasteiger partial charge >= 0.3 is 12.3 Å². The fourth-order valence-electron chi connectivity index (χ4n) is 5.95. The van der Waals surface area contributed by atoms with Crippen LogP contribution >= 0.6 is 12.4 Å². The number of hydrogen-bond donors (Lipinski definition) is 1.